The molecule has 0 saturated carbocycles. The first-order valence-corrected chi connectivity index (χ1v) is 8.80. The molecule has 0 bridgehead atoms. The average Bonchev–Trinajstić information content (AvgIpc) is 2.78. The first kappa shape index (κ1) is 17.4. The van der Waals surface area contributed by atoms with Crippen molar-refractivity contribution in [3.8, 4) is 0 Å². The molecule has 1 aromatic heterocycles. The first-order valence-electron chi connectivity index (χ1n) is 6.57. The second-order valence-corrected chi connectivity index (χ2v) is 6.90. The molecular weight excluding hydrogens is 344 g/mol. The number of rotatable bonds is 9. The van der Waals surface area contributed by atoms with Gasteiger partial charge in [-0.25, -0.2) is 8.42 Å². The molecule has 0 aliphatic heterocycles. The second kappa shape index (κ2) is 7.97. The van der Waals surface area contributed by atoms with Crippen LogP contribution in [0.4, 0.5) is 0 Å². The molecule has 0 saturated heterocycles. The molecule has 0 aliphatic carbocycles. The van der Waals surface area contributed by atoms with Gasteiger partial charge in [0.25, 0.3) is 0 Å². The van der Waals surface area contributed by atoms with Gasteiger partial charge in [0.15, 0.2) is 4.67 Å². The van der Waals surface area contributed by atoms with Crippen LogP contribution in [-0.2, 0) is 16.6 Å². The van der Waals surface area contributed by atoms with Crippen LogP contribution < -0.4 is 5.32 Å². The van der Waals surface area contributed by atoms with E-state index in [2.05, 4.69) is 34.7 Å². The molecule has 1 rings (SSSR count). The smallest absolute Gasteiger partial charge is 0.247 e. The molecule has 0 amide bonds. The largest absolute Gasteiger partial charge is 0.452 e. The Morgan fingerprint density at radius 2 is 2.20 bits per heavy atom. The van der Waals surface area contributed by atoms with E-state index in [1.807, 2.05) is 0 Å². The van der Waals surface area contributed by atoms with E-state index in [1.165, 1.54) is 4.31 Å². The molecular formula is C13H21BrN2O3S. The SMILES string of the molecule is C=CCN(CC)S(=O)(=O)c1cc(CNCCC)oc1Br. The summed E-state index contributed by atoms with van der Waals surface area (Å²) in [7, 11) is -3.56. The van der Waals surface area contributed by atoms with Crippen molar-refractivity contribution in [3.05, 3.63) is 29.2 Å². The van der Waals surface area contributed by atoms with E-state index in [0.29, 0.717) is 18.8 Å². The average molecular weight is 365 g/mol. The number of nitrogens with one attached hydrogen (secondary N) is 1. The molecule has 0 fully saturated rings. The Morgan fingerprint density at radius 3 is 2.75 bits per heavy atom. The van der Waals surface area contributed by atoms with Crippen molar-refractivity contribution in [1.29, 1.82) is 0 Å². The van der Waals surface area contributed by atoms with Crippen molar-refractivity contribution in [2.75, 3.05) is 19.6 Å². The molecule has 1 aromatic rings. The van der Waals surface area contributed by atoms with Crippen molar-refractivity contribution in [2.24, 2.45) is 0 Å². The number of hydrogen-bond acceptors (Lipinski definition) is 4. The molecule has 0 aromatic carbocycles. The monoisotopic (exact) mass is 364 g/mol. The number of halogens is 1. The minimum absolute atomic E-state index is 0.162. The van der Waals surface area contributed by atoms with Crippen molar-refractivity contribution in [1.82, 2.24) is 9.62 Å². The molecule has 0 aliphatic rings. The van der Waals surface area contributed by atoms with Gasteiger partial charge in [0.1, 0.15) is 10.7 Å². The summed E-state index contributed by atoms with van der Waals surface area (Å²) in [5, 5.41) is 3.17. The molecule has 114 valence electrons. The third-order valence-electron chi connectivity index (χ3n) is 2.74. The fourth-order valence-electron chi connectivity index (χ4n) is 1.73. The Labute approximate surface area is 129 Å². The maximum Gasteiger partial charge on any atom is 0.247 e. The van der Waals surface area contributed by atoms with Gasteiger partial charge in [0.2, 0.25) is 10.0 Å². The molecule has 1 heterocycles. The van der Waals surface area contributed by atoms with Crippen LogP contribution >= 0.6 is 15.9 Å². The lowest BCUT2D eigenvalue weighted by Crippen LogP contribution is -2.31. The van der Waals surface area contributed by atoms with Crippen LogP contribution in [0, 0.1) is 0 Å². The summed E-state index contributed by atoms with van der Waals surface area (Å²) in [6, 6.07) is 1.56. The maximum absolute atomic E-state index is 12.5. The minimum Gasteiger partial charge on any atom is -0.452 e. The molecule has 20 heavy (non-hydrogen) atoms. The lowest BCUT2D eigenvalue weighted by molar-refractivity contribution is 0.447. The van der Waals surface area contributed by atoms with Crippen LogP contribution in [-0.4, -0.2) is 32.4 Å². The fraction of sp³-hybridized carbons (Fsp3) is 0.538. The normalized spacial score (nSPS) is 12.0. The second-order valence-electron chi connectivity index (χ2n) is 4.27. The summed E-state index contributed by atoms with van der Waals surface area (Å²) < 4.78 is 32.0. The number of furan rings is 1. The van der Waals surface area contributed by atoms with Crippen LogP contribution in [0.15, 0.2) is 32.7 Å². The Balaban J connectivity index is 2.97. The predicted molar refractivity (Wildman–Crippen MR) is 83.0 cm³/mol. The van der Waals surface area contributed by atoms with Crippen molar-refractivity contribution in [3.63, 3.8) is 0 Å². The minimum atomic E-state index is -3.56. The highest BCUT2D eigenvalue weighted by Crippen LogP contribution is 2.28. The third-order valence-corrected chi connectivity index (χ3v) is 5.53. The van der Waals surface area contributed by atoms with Crippen molar-refractivity contribution in [2.45, 2.75) is 31.7 Å². The zero-order chi connectivity index (χ0) is 15.2. The van der Waals surface area contributed by atoms with E-state index in [-0.39, 0.29) is 16.1 Å². The summed E-state index contributed by atoms with van der Waals surface area (Å²) in [6.07, 6.45) is 2.58. The number of nitrogens with zero attached hydrogens (tertiary/aromatic N) is 1. The van der Waals surface area contributed by atoms with Crippen molar-refractivity contribution < 1.29 is 12.8 Å². The van der Waals surface area contributed by atoms with Gasteiger partial charge in [-0.05, 0) is 28.9 Å². The summed E-state index contributed by atoms with van der Waals surface area (Å²) in [4.78, 5) is 0.162. The Morgan fingerprint density at radius 1 is 1.50 bits per heavy atom. The van der Waals surface area contributed by atoms with Gasteiger partial charge in [-0.2, -0.15) is 4.31 Å². The van der Waals surface area contributed by atoms with E-state index in [0.717, 1.165) is 13.0 Å². The quantitative estimate of drug-likeness (QED) is 0.540. The summed E-state index contributed by atoms with van der Waals surface area (Å²) in [6.45, 7) is 9.47. The fourth-order valence-corrected chi connectivity index (χ4v) is 4.11. The summed E-state index contributed by atoms with van der Waals surface area (Å²) in [5.41, 5.74) is 0. The van der Waals surface area contributed by atoms with Crippen LogP contribution in [0.1, 0.15) is 26.0 Å². The van der Waals surface area contributed by atoms with E-state index in [9.17, 15) is 8.42 Å². The van der Waals surface area contributed by atoms with E-state index < -0.39 is 10.0 Å². The molecule has 7 heteroatoms. The Kier molecular flexibility index (Phi) is 6.94. The highest BCUT2D eigenvalue weighted by molar-refractivity contribution is 9.10. The van der Waals surface area contributed by atoms with Crippen LogP contribution in [0.25, 0.3) is 0 Å². The summed E-state index contributed by atoms with van der Waals surface area (Å²) in [5.74, 6) is 0.596. The predicted octanol–water partition coefficient (Wildman–Crippen LogP) is 2.74. The topological polar surface area (TPSA) is 62.6 Å². The first-order chi connectivity index (χ1) is 9.47. The zero-order valence-electron chi connectivity index (χ0n) is 11.9. The number of likely N-dealkylation sites (N-methyl/N-ethyl adjacent to an activating group) is 1. The van der Waals surface area contributed by atoms with Crippen LogP contribution in [0.5, 0.6) is 0 Å². The van der Waals surface area contributed by atoms with Gasteiger partial charge in [0.05, 0.1) is 6.54 Å². The standard InChI is InChI=1S/C13H21BrN2O3S/c1-4-7-15-10-11-9-12(13(14)19-11)20(17,18)16(6-3)8-5-2/h5,9,15H,2,4,6-8,10H2,1,3H3. The highest BCUT2D eigenvalue weighted by atomic mass is 79.9. The van der Waals surface area contributed by atoms with Gasteiger partial charge in [-0.15, -0.1) is 6.58 Å². The molecule has 0 radical (unpaired) electrons. The van der Waals surface area contributed by atoms with Gasteiger partial charge in [0, 0.05) is 19.2 Å². The van der Waals surface area contributed by atoms with Gasteiger partial charge >= 0.3 is 0 Å². The maximum atomic E-state index is 12.5. The highest BCUT2D eigenvalue weighted by Gasteiger charge is 2.27. The van der Waals surface area contributed by atoms with Gasteiger partial charge in [-0.3, -0.25) is 0 Å². The molecule has 0 unspecified atom stereocenters. The van der Waals surface area contributed by atoms with Gasteiger partial charge in [-0.1, -0.05) is 19.9 Å². The van der Waals surface area contributed by atoms with Gasteiger partial charge < -0.3 is 9.73 Å². The lowest BCUT2D eigenvalue weighted by atomic mass is 10.4. The molecule has 1 N–H and O–H groups in total. The number of sulfonamides is 1. The zero-order valence-corrected chi connectivity index (χ0v) is 14.3. The van der Waals surface area contributed by atoms with Crippen LogP contribution in [0.2, 0.25) is 0 Å². The lowest BCUT2D eigenvalue weighted by Gasteiger charge is -2.17. The molecule has 5 nitrogen and oxygen atoms in total. The Bertz CT molecular complexity index is 540. The van der Waals surface area contributed by atoms with E-state index >= 15 is 0 Å². The third kappa shape index (κ3) is 4.18. The molecule has 0 atom stereocenters. The Hall–Kier alpha value is -0.630. The number of hydrogen-bond donors (Lipinski definition) is 1. The van der Waals surface area contributed by atoms with E-state index in [4.69, 9.17) is 4.42 Å². The van der Waals surface area contributed by atoms with Crippen LogP contribution in [0.3, 0.4) is 0 Å². The molecule has 0 spiro atoms. The van der Waals surface area contributed by atoms with E-state index in [1.54, 1.807) is 19.1 Å². The van der Waals surface area contributed by atoms with Crippen molar-refractivity contribution >= 4 is 26.0 Å². The summed E-state index contributed by atoms with van der Waals surface area (Å²) >= 11 is 3.18.